The van der Waals surface area contributed by atoms with Crippen LogP contribution in [0.5, 0.6) is 11.6 Å². The fourth-order valence-electron chi connectivity index (χ4n) is 3.32. The largest absolute Gasteiger partial charge is 0.480 e. The quantitative estimate of drug-likeness (QED) is 0.258. The van der Waals surface area contributed by atoms with Crippen molar-refractivity contribution >= 4 is 23.5 Å². The Morgan fingerprint density at radius 2 is 1.80 bits per heavy atom. The first-order valence-electron chi connectivity index (χ1n) is 11.1. The molecule has 0 aliphatic heterocycles. The summed E-state index contributed by atoms with van der Waals surface area (Å²) in [5.74, 6) is 1.81. The van der Waals surface area contributed by atoms with Gasteiger partial charge in [0.05, 0.1) is 12.8 Å². The minimum Gasteiger partial charge on any atom is -0.480 e. The van der Waals surface area contributed by atoms with Crippen molar-refractivity contribution in [2.24, 2.45) is 0 Å². The molecule has 0 unspecified atom stereocenters. The molecule has 0 spiro atoms. The minimum atomic E-state index is -0.901. The summed E-state index contributed by atoms with van der Waals surface area (Å²) in [7, 11) is 0. The fourth-order valence-corrected chi connectivity index (χ4v) is 4.26. The Kier molecular flexibility index (Phi) is 7.41. The van der Waals surface area contributed by atoms with E-state index in [1.54, 1.807) is 20.1 Å². The molecule has 4 rings (SSSR count). The second kappa shape index (κ2) is 10.7. The Morgan fingerprint density at radius 3 is 2.46 bits per heavy atom. The Labute approximate surface area is 208 Å². The summed E-state index contributed by atoms with van der Waals surface area (Å²) >= 11 is 1.32. The number of hydrogen-bond acceptors (Lipinski definition) is 7. The van der Waals surface area contributed by atoms with Crippen LogP contribution >= 0.6 is 11.8 Å². The molecular weight excluding hydrogens is 462 g/mol. The first kappa shape index (κ1) is 24.3. The van der Waals surface area contributed by atoms with Crippen molar-refractivity contribution in [3.63, 3.8) is 0 Å². The van der Waals surface area contributed by atoms with E-state index in [1.807, 2.05) is 73.7 Å². The molecule has 0 amide bonds. The van der Waals surface area contributed by atoms with Crippen LogP contribution < -0.4 is 9.64 Å². The van der Waals surface area contributed by atoms with Gasteiger partial charge in [0.1, 0.15) is 28.4 Å². The number of thioether (sulfide) groups is 1. The zero-order valence-corrected chi connectivity index (χ0v) is 20.7. The molecule has 2 aromatic heterocycles. The van der Waals surface area contributed by atoms with Gasteiger partial charge < -0.3 is 19.2 Å². The lowest BCUT2D eigenvalue weighted by molar-refractivity contribution is -0.138. The van der Waals surface area contributed by atoms with Gasteiger partial charge in [-0.2, -0.15) is 0 Å². The summed E-state index contributed by atoms with van der Waals surface area (Å²) in [6, 6.07) is 21.3. The topological polar surface area (TPSA) is 88.7 Å². The van der Waals surface area contributed by atoms with Gasteiger partial charge in [0, 0.05) is 17.5 Å². The number of ether oxygens (including phenoxy) is 1. The molecule has 0 aliphatic carbocycles. The van der Waals surface area contributed by atoms with Gasteiger partial charge in [-0.1, -0.05) is 29.8 Å². The van der Waals surface area contributed by atoms with Crippen LogP contribution in [0.25, 0.3) is 0 Å². The van der Waals surface area contributed by atoms with Crippen LogP contribution in [0, 0.1) is 6.92 Å². The maximum absolute atomic E-state index is 11.4. The number of furan rings is 1. The van der Waals surface area contributed by atoms with E-state index in [2.05, 4.69) is 14.9 Å². The highest BCUT2D eigenvalue weighted by Crippen LogP contribution is 2.33. The summed E-state index contributed by atoms with van der Waals surface area (Å²) < 4.78 is 10.6. The standard InChI is InChI=1S/C27H27N3O4S/c1-19-6-10-21(11-7-19)34-25-15-24(28-18-29-25)30(17-22-5-4-14-33-22)16-20-8-12-23(13-9-20)35-27(2,3)26(31)32/h4-15,18H,16-17H2,1-3H3,(H,31,32). The Bertz CT molecular complexity index is 1260. The molecule has 1 N–H and O–H groups in total. The van der Waals surface area contributed by atoms with Crippen LogP contribution in [0.4, 0.5) is 5.82 Å². The van der Waals surface area contributed by atoms with Crippen molar-refractivity contribution in [2.45, 2.75) is 43.5 Å². The lowest BCUT2D eigenvalue weighted by Crippen LogP contribution is -2.26. The number of nitrogens with zero attached hydrogens (tertiary/aromatic N) is 3. The third-order valence-electron chi connectivity index (χ3n) is 5.31. The molecule has 0 atom stereocenters. The number of carbonyl (C=O) groups is 1. The van der Waals surface area contributed by atoms with E-state index in [1.165, 1.54) is 18.1 Å². The summed E-state index contributed by atoms with van der Waals surface area (Å²) in [6.45, 7) is 6.50. The van der Waals surface area contributed by atoms with E-state index in [4.69, 9.17) is 9.15 Å². The van der Waals surface area contributed by atoms with E-state index < -0.39 is 10.7 Å². The van der Waals surface area contributed by atoms with Crippen LogP contribution in [0.2, 0.25) is 0 Å². The molecule has 2 aromatic carbocycles. The van der Waals surface area contributed by atoms with Crippen molar-refractivity contribution in [2.75, 3.05) is 4.90 Å². The monoisotopic (exact) mass is 489 g/mol. The second-order valence-corrected chi connectivity index (χ2v) is 10.3. The number of hydrogen-bond donors (Lipinski definition) is 1. The molecule has 180 valence electrons. The smallest absolute Gasteiger partial charge is 0.319 e. The van der Waals surface area contributed by atoms with Gasteiger partial charge >= 0.3 is 5.97 Å². The summed E-state index contributed by atoms with van der Waals surface area (Å²) in [5.41, 5.74) is 2.20. The van der Waals surface area contributed by atoms with Crippen molar-refractivity contribution in [3.8, 4) is 11.6 Å². The molecule has 0 fully saturated rings. The molecule has 8 heteroatoms. The number of aliphatic carboxylic acids is 1. The first-order chi connectivity index (χ1) is 16.8. The van der Waals surface area contributed by atoms with Crippen molar-refractivity contribution < 1.29 is 19.1 Å². The molecule has 0 aliphatic rings. The number of carboxylic acid groups (broad SMARTS) is 1. The molecule has 4 aromatic rings. The van der Waals surface area contributed by atoms with Gasteiger partial charge in [0.2, 0.25) is 5.88 Å². The molecule has 35 heavy (non-hydrogen) atoms. The van der Waals surface area contributed by atoms with Crippen molar-refractivity contribution in [1.29, 1.82) is 0 Å². The Hall–Kier alpha value is -3.78. The lowest BCUT2D eigenvalue weighted by atomic mass is 10.2. The fraction of sp³-hybridized carbons (Fsp3) is 0.222. The van der Waals surface area contributed by atoms with E-state index >= 15 is 0 Å². The summed E-state index contributed by atoms with van der Waals surface area (Å²) in [5, 5.41) is 9.39. The van der Waals surface area contributed by atoms with Crippen LogP contribution in [0.1, 0.15) is 30.7 Å². The molecular formula is C27H27N3O4S. The van der Waals surface area contributed by atoms with Crippen LogP contribution in [-0.2, 0) is 17.9 Å². The van der Waals surface area contributed by atoms with E-state index in [9.17, 15) is 9.90 Å². The van der Waals surface area contributed by atoms with Gasteiger partial charge in [-0.25, -0.2) is 9.97 Å². The zero-order valence-electron chi connectivity index (χ0n) is 19.8. The van der Waals surface area contributed by atoms with Gasteiger partial charge in [0.15, 0.2) is 0 Å². The normalized spacial score (nSPS) is 11.3. The van der Waals surface area contributed by atoms with Crippen molar-refractivity contribution in [1.82, 2.24) is 9.97 Å². The molecule has 2 heterocycles. The van der Waals surface area contributed by atoms with Gasteiger partial charge in [0.25, 0.3) is 0 Å². The second-order valence-electron chi connectivity index (χ2n) is 8.63. The number of aromatic nitrogens is 2. The maximum atomic E-state index is 11.4. The highest BCUT2D eigenvalue weighted by atomic mass is 32.2. The Morgan fingerprint density at radius 1 is 1.06 bits per heavy atom. The molecule has 7 nitrogen and oxygen atoms in total. The van der Waals surface area contributed by atoms with Gasteiger partial charge in [-0.05, 0) is 62.7 Å². The maximum Gasteiger partial charge on any atom is 0.319 e. The summed E-state index contributed by atoms with van der Waals surface area (Å²) in [6.07, 6.45) is 3.14. The highest BCUT2D eigenvalue weighted by molar-refractivity contribution is 8.01. The predicted molar refractivity (Wildman–Crippen MR) is 136 cm³/mol. The van der Waals surface area contributed by atoms with Gasteiger partial charge in [-0.3, -0.25) is 4.79 Å². The molecule has 0 bridgehead atoms. The van der Waals surface area contributed by atoms with Crippen LogP contribution in [0.15, 0.2) is 88.6 Å². The minimum absolute atomic E-state index is 0.450. The zero-order chi connectivity index (χ0) is 24.8. The van der Waals surface area contributed by atoms with E-state index in [0.29, 0.717) is 30.5 Å². The number of anilines is 1. The number of benzene rings is 2. The molecule has 0 saturated carbocycles. The Balaban J connectivity index is 1.54. The number of rotatable bonds is 10. The van der Waals surface area contributed by atoms with E-state index in [0.717, 1.165) is 21.8 Å². The average molecular weight is 490 g/mol. The van der Waals surface area contributed by atoms with Gasteiger partial charge in [-0.15, -0.1) is 11.8 Å². The number of carboxylic acids is 1. The van der Waals surface area contributed by atoms with Crippen molar-refractivity contribution in [3.05, 3.63) is 96.2 Å². The van der Waals surface area contributed by atoms with Crippen LogP contribution in [-0.4, -0.2) is 25.8 Å². The third kappa shape index (κ3) is 6.64. The highest BCUT2D eigenvalue weighted by Gasteiger charge is 2.28. The van der Waals surface area contributed by atoms with E-state index in [-0.39, 0.29) is 0 Å². The van der Waals surface area contributed by atoms with Crippen LogP contribution in [0.3, 0.4) is 0 Å². The molecule has 0 radical (unpaired) electrons. The SMILES string of the molecule is Cc1ccc(Oc2cc(N(Cc3ccc(SC(C)(C)C(=O)O)cc3)Cc3ccco3)ncn2)cc1. The first-order valence-corrected chi connectivity index (χ1v) is 12.0. The summed E-state index contributed by atoms with van der Waals surface area (Å²) in [4.78, 5) is 23.2. The average Bonchev–Trinajstić information content (AvgIpc) is 3.34. The predicted octanol–water partition coefficient (Wildman–Crippen LogP) is 6.33. The number of aryl methyl sites for hydroxylation is 1. The third-order valence-corrected chi connectivity index (χ3v) is 6.50. The molecule has 0 saturated heterocycles. The lowest BCUT2D eigenvalue weighted by Gasteiger charge is -2.23.